The van der Waals surface area contributed by atoms with Gasteiger partial charge in [0, 0.05) is 41.9 Å². The number of carbonyl (C=O) groups excluding carboxylic acids is 1. The highest BCUT2D eigenvalue weighted by Gasteiger charge is 2.22. The van der Waals surface area contributed by atoms with Crippen LogP contribution >= 0.6 is 0 Å². The first kappa shape index (κ1) is 24.0. The zero-order valence-electron chi connectivity index (χ0n) is 20.6. The van der Waals surface area contributed by atoms with Gasteiger partial charge in [-0.15, -0.1) is 0 Å². The molecule has 1 aliphatic rings. The van der Waals surface area contributed by atoms with Gasteiger partial charge < -0.3 is 28.4 Å². The topological polar surface area (TPSA) is 62.2 Å². The van der Waals surface area contributed by atoms with Crippen molar-refractivity contribution in [2.75, 3.05) is 48.1 Å². The molecule has 0 bridgehead atoms. The highest BCUT2D eigenvalue weighted by Crippen LogP contribution is 2.39. The Balaban J connectivity index is 1.71. The van der Waals surface area contributed by atoms with Crippen LogP contribution in [0.1, 0.15) is 41.6 Å². The van der Waals surface area contributed by atoms with E-state index in [9.17, 15) is 4.79 Å². The number of hydrogen-bond donors (Lipinski definition) is 0. The van der Waals surface area contributed by atoms with Crippen molar-refractivity contribution in [1.82, 2.24) is 9.47 Å². The van der Waals surface area contributed by atoms with Crippen LogP contribution in [0, 0.1) is 0 Å². The fraction of sp³-hybridized carbons (Fsp3) is 0.444. The van der Waals surface area contributed by atoms with Gasteiger partial charge in [-0.25, -0.2) is 0 Å². The van der Waals surface area contributed by atoms with E-state index in [1.807, 2.05) is 24.4 Å². The van der Waals surface area contributed by atoms with Crippen LogP contribution in [0.2, 0.25) is 0 Å². The summed E-state index contributed by atoms with van der Waals surface area (Å²) in [6, 6.07) is 9.26. The number of benzene rings is 2. The summed E-state index contributed by atoms with van der Waals surface area (Å²) in [5.74, 6) is 2.05. The third kappa shape index (κ3) is 4.85. The van der Waals surface area contributed by atoms with Gasteiger partial charge in [-0.2, -0.15) is 0 Å². The average Bonchev–Trinajstić information content (AvgIpc) is 3.03. The zero-order valence-corrected chi connectivity index (χ0v) is 20.6. The second-order valence-electron chi connectivity index (χ2n) is 8.62. The predicted octanol–water partition coefficient (Wildman–Crippen LogP) is 4.78. The van der Waals surface area contributed by atoms with E-state index < -0.39 is 0 Å². The summed E-state index contributed by atoms with van der Waals surface area (Å²) in [6.45, 7) is 4.05. The molecule has 2 heterocycles. The van der Waals surface area contributed by atoms with Crippen molar-refractivity contribution in [3.8, 4) is 23.0 Å². The Hall–Kier alpha value is -3.19. The van der Waals surface area contributed by atoms with Crippen molar-refractivity contribution in [2.45, 2.75) is 32.2 Å². The largest absolute Gasteiger partial charge is 0.497 e. The number of likely N-dealkylation sites (tertiary alicyclic amines) is 1. The number of ketones is 1. The lowest BCUT2D eigenvalue weighted by molar-refractivity contribution is 0.103. The standard InChI is InChI=1S/C27H34N2O5/c1-31-20-9-10-21-22(26(30)19-15-24(32-2)27(34-4)25(16-19)33-3)18-29(23(21)17-20)14-13-28-11-7-5-6-8-12-28/h9-10,15-18H,5-8,11-14H2,1-4H3. The van der Waals surface area contributed by atoms with E-state index >= 15 is 0 Å². The molecular weight excluding hydrogens is 432 g/mol. The van der Waals surface area contributed by atoms with E-state index in [2.05, 4.69) is 9.47 Å². The predicted molar refractivity (Wildman–Crippen MR) is 133 cm³/mol. The maximum Gasteiger partial charge on any atom is 0.203 e. The molecule has 0 spiro atoms. The number of methoxy groups -OCH3 is 4. The van der Waals surface area contributed by atoms with E-state index in [0.29, 0.717) is 28.4 Å². The Kier molecular flexibility index (Phi) is 7.63. The van der Waals surface area contributed by atoms with Crippen LogP contribution in [-0.4, -0.2) is 63.3 Å². The Bertz CT molecular complexity index is 1120. The summed E-state index contributed by atoms with van der Waals surface area (Å²) in [4.78, 5) is 16.2. The smallest absolute Gasteiger partial charge is 0.203 e. The molecule has 7 nitrogen and oxygen atoms in total. The van der Waals surface area contributed by atoms with Gasteiger partial charge in [0.05, 0.1) is 34.0 Å². The molecule has 0 N–H and O–H groups in total. The highest BCUT2D eigenvalue weighted by atomic mass is 16.5. The van der Waals surface area contributed by atoms with E-state index in [1.165, 1.54) is 25.7 Å². The van der Waals surface area contributed by atoms with Gasteiger partial charge in [0.1, 0.15) is 5.75 Å². The van der Waals surface area contributed by atoms with Crippen molar-refractivity contribution in [3.05, 3.63) is 47.7 Å². The average molecular weight is 467 g/mol. The maximum absolute atomic E-state index is 13.7. The van der Waals surface area contributed by atoms with E-state index in [0.717, 1.165) is 42.8 Å². The lowest BCUT2D eigenvalue weighted by Gasteiger charge is -2.20. The first-order valence-electron chi connectivity index (χ1n) is 11.8. The molecule has 182 valence electrons. The van der Waals surface area contributed by atoms with Gasteiger partial charge in [0.25, 0.3) is 0 Å². The summed E-state index contributed by atoms with van der Waals surface area (Å²) >= 11 is 0. The molecule has 4 rings (SSSR count). The summed E-state index contributed by atoms with van der Waals surface area (Å²) < 4.78 is 24.0. The van der Waals surface area contributed by atoms with Gasteiger partial charge in [-0.3, -0.25) is 4.79 Å². The Morgan fingerprint density at radius 1 is 0.824 bits per heavy atom. The van der Waals surface area contributed by atoms with Crippen LogP contribution in [0.5, 0.6) is 23.0 Å². The molecule has 1 fully saturated rings. The first-order chi connectivity index (χ1) is 16.6. The number of fused-ring (bicyclic) bond motifs is 1. The Labute approximate surface area is 201 Å². The number of aromatic nitrogens is 1. The van der Waals surface area contributed by atoms with Crippen molar-refractivity contribution in [1.29, 1.82) is 0 Å². The maximum atomic E-state index is 13.7. The van der Waals surface area contributed by atoms with E-state index in [4.69, 9.17) is 18.9 Å². The molecule has 1 saturated heterocycles. The van der Waals surface area contributed by atoms with Crippen LogP contribution in [-0.2, 0) is 6.54 Å². The summed E-state index contributed by atoms with van der Waals surface area (Å²) in [7, 11) is 6.31. The number of carbonyl (C=O) groups is 1. The van der Waals surface area contributed by atoms with E-state index in [-0.39, 0.29) is 5.78 Å². The molecule has 0 saturated carbocycles. The van der Waals surface area contributed by atoms with Crippen LogP contribution in [0.4, 0.5) is 0 Å². The fourth-order valence-electron chi connectivity index (χ4n) is 4.74. The second-order valence-corrected chi connectivity index (χ2v) is 8.62. The van der Waals surface area contributed by atoms with Crippen molar-refractivity contribution in [2.24, 2.45) is 0 Å². The van der Waals surface area contributed by atoms with Gasteiger partial charge in [0.15, 0.2) is 17.3 Å². The minimum Gasteiger partial charge on any atom is -0.497 e. The van der Waals surface area contributed by atoms with Gasteiger partial charge >= 0.3 is 0 Å². The van der Waals surface area contributed by atoms with Crippen molar-refractivity contribution >= 4 is 16.7 Å². The van der Waals surface area contributed by atoms with Crippen LogP contribution in [0.15, 0.2) is 36.5 Å². The Morgan fingerprint density at radius 2 is 1.50 bits per heavy atom. The Morgan fingerprint density at radius 3 is 2.09 bits per heavy atom. The molecule has 1 aromatic heterocycles. The third-order valence-corrected chi connectivity index (χ3v) is 6.62. The molecule has 7 heteroatoms. The van der Waals surface area contributed by atoms with Gasteiger partial charge in [-0.05, 0) is 50.2 Å². The molecule has 0 unspecified atom stereocenters. The van der Waals surface area contributed by atoms with Crippen LogP contribution < -0.4 is 18.9 Å². The lowest BCUT2D eigenvalue weighted by Crippen LogP contribution is -2.28. The summed E-state index contributed by atoms with van der Waals surface area (Å²) in [6.07, 6.45) is 7.10. The summed E-state index contributed by atoms with van der Waals surface area (Å²) in [5, 5.41) is 0.899. The quantitative estimate of drug-likeness (QED) is 0.423. The number of hydrogen-bond acceptors (Lipinski definition) is 6. The fourth-order valence-corrected chi connectivity index (χ4v) is 4.74. The number of nitrogens with zero attached hydrogens (tertiary/aromatic N) is 2. The monoisotopic (exact) mass is 466 g/mol. The van der Waals surface area contributed by atoms with E-state index in [1.54, 1.807) is 40.6 Å². The molecule has 1 aliphatic heterocycles. The highest BCUT2D eigenvalue weighted by molar-refractivity contribution is 6.17. The zero-order chi connectivity index (χ0) is 24.1. The molecule has 0 atom stereocenters. The van der Waals surface area contributed by atoms with Crippen LogP contribution in [0.25, 0.3) is 10.9 Å². The normalized spacial score (nSPS) is 14.6. The first-order valence-corrected chi connectivity index (χ1v) is 11.8. The molecule has 2 aromatic carbocycles. The van der Waals surface area contributed by atoms with Crippen molar-refractivity contribution in [3.63, 3.8) is 0 Å². The lowest BCUT2D eigenvalue weighted by atomic mass is 10.0. The SMILES string of the molecule is COc1ccc2c(C(=O)c3cc(OC)c(OC)c(OC)c3)cn(CCN3CCCCCC3)c2c1. The molecule has 0 aliphatic carbocycles. The molecular formula is C27H34N2O5. The molecule has 34 heavy (non-hydrogen) atoms. The summed E-state index contributed by atoms with van der Waals surface area (Å²) in [5.41, 5.74) is 2.12. The number of rotatable bonds is 9. The molecule has 3 aromatic rings. The van der Waals surface area contributed by atoms with Gasteiger partial charge in [-0.1, -0.05) is 12.8 Å². The molecule has 0 amide bonds. The third-order valence-electron chi connectivity index (χ3n) is 6.62. The number of ether oxygens (including phenoxy) is 4. The minimum absolute atomic E-state index is 0.0945. The molecule has 0 radical (unpaired) electrons. The second kappa shape index (κ2) is 10.8. The van der Waals surface area contributed by atoms with Crippen LogP contribution in [0.3, 0.4) is 0 Å². The minimum atomic E-state index is -0.0945. The van der Waals surface area contributed by atoms with Gasteiger partial charge in [0.2, 0.25) is 5.75 Å². The van der Waals surface area contributed by atoms with Crippen molar-refractivity contribution < 1.29 is 23.7 Å².